The fourth-order valence-electron chi connectivity index (χ4n) is 3.02. The molecule has 0 radical (unpaired) electrons. The summed E-state index contributed by atoms with van der Waals surface area (Å²) in [7, 11) is 0. The molecule has 0 aliphatic carbocycles. The maximum atomic E-state index is 6.32. The molecule has 28 heavy (non-hydrogen) atoms. The zero-order chi connectivity index (χ0) is 19.7. The zero-order valence-electron chi connectivity index (χ0n) is 15.8. The van der Waals surface area contributed by atoms with Crippen LogP contribution in [0.3, 0.4) is 0 Å². The minimum absolute atomic E-state index is 0.336. The van der Waals surface area contributed by atoms with E-state index in [1.54, 1.807) is 29.7 Å². The summed E-state index contributed by atoms with van der Waals surface area (Å²) in [5, 5.41) is 0. The number of imidazole rings is 1. The Morgan fingerprint density at radius 3 is 2.75 bits per heavy atom. The van der Waals surface area contributed by atoms with Gasteiger partial charge in [0, 0.05) is 24.4 Å². The van der Waals surface area contributed by atoms with Crippen LogP contribution in [0.25, 0.3) is 16.2 Å². The minimum Gasteiger partial charge on any atom is -0.396 e. The normalized spacial score (nSPS) is 11.4. The molecule has 4 aromatic rings. The zero-order valence-corrected chi connectivity index (χ0v) is 16.6. The van der Waals surface area contributed by atoms with Gasteiger partial charge in [0.2, 0.25) is 0 Å². The summed E-state index contributed by atoms with van der Waals surface area (Å²) in [6, 6.07) is 13.7. The van der Waals surface area contributed by atoms with E-state index in [2.05, 4.69) is 27.3 Å². The highest BCUT2D eigenvalue weighted by atomic mass is 32.1. The second-order valence-electron chi connectivity index (χ2n) is 7.36. The van der Waals surface area contributed by atoms with Crippen molar-refractivity contribution in [3.05, 3.63) is 71.1 Å². The van der Waals surface area contributed by atoms with Crippen LogP contribution in [0.2, 0.25) is 0 Å². The van der Waals surface area contributed by atoms with Crippen molar-refractivity contribution in [2.45, 2.75) is 25.8 Å². The molecule has 0 spiro atoms. The molecule has 6 heteroatoms. The summed E-state index contributed by atoms with van der Waals surface area (Å²) in [5.74, 6) is 6.21. The number of nitrogens with two attached hydrogens (primary N) is 2. The van der Waals surface area contributed by atoms with Gasteiger partial charge in [-0.2, -0.15) is 0 Å². The number of hydrogen-bond donors (Lipinski definition) is 2. The Hall–Kier alpha value is -3.14. The van der Waals surface area contributed by atoms with E-state index >= 15 is 0 Å². The summed E-state index contributed by atoms with van der Waals surface area (Å²) in [6.07, 6.45) is 4.44. The largest absolute Gasteiger partial charge is 0.396 e. The van der Waals surface area contributed by atoms with E-state index in [0.717, 1.165) is 33.2 Å². The van der Waals surface area contributed by atoms with E-state index < -0.39 is 0 Å². The van der Waals surface area contributed by atoms with E-state index in [-0.39, 0.29) is 5.54 Å². The maximum absolute atomic E-state index is 6.32. The number of anilines is 1. The van der Waals surface area contributed by atoms with Gasteiger partial charge in [-0.1, -0.05) is 6.07 Å². The standard InChI is InChI=1S/C22H21N5S/c1-22(2,24)14-18-21(26-20-7-3-4-13-27(18)20)19-11-9-15(28-19)8-10-17-16(23)6-5-12-25-17/h3-7,9,11-13H,14,23-24H2,1-2H3. The van der Waals surface area contributed by atoms with Crippen molar-refractivity contribution in [1.82, 2.24) is 14.4 Å². The van der Waals surface area contributed by atoms with Gasteiger partial charge in [0.25, 0.3) is 0 Å². The van der Waals surface area contributed by atoms with Crippen LogP contribution in [-0.2, 0) is 6.42 Å². The van der Waals surface area contributed by atoms with Crippen molar-refractivity contribution >= 4 is 22.7 Å². The van der Waals surface area contributed by atoms with Crippen LogP contribution in [-0.4, -0.2) is 19.9 Å². The maximum Gasteiger partial charge on any atom is 0.137 e. The monoisotopic (exact) mass is 387 g/mol. The molecule has 140 valence electrons. The van der Waals surface area contributed by atoms with E-state index in [1.807, 2.05) is 44.3 Å². The van der Waals surface area contributed by atoms with Crippen LogP contribution in [0, 0.1) is 11.8 Å². The molecule has 0 saturated carbocycles. The summed E-state index contributed by atoms with van der Waals surface area (Å²) < 4.78 is 2.11. The minimum atomic E-state index is -0.336. The molecule has 0 saturated heterocycles. The SMILES string of the molecule is CC(C)(N)Cc1c(-c2ccc(C#Cc3ncccc3N)s2)nc2ccccn12. The first-order chi connectivity index (χ1) is 13.4. The third-order valence-corrected chi connectivity index (χ3v) is 5.24. The second kappa shape index (κ2) is 7.12. The van der Waals surface area contributed by atoms with Gasteiger partial charge < -0.3 is 15.9 Å². The molecule has 5 nitrogen and oxygen atoms in total. The lowest BCUT2D eigenvalue weighted by Gasteiger charge is -2.18. The van der Waals surface area contributed by atoms with Crippen LogP contribution < -0.4 is 11.5 Å². The highest BCUT2D eigenvalue weighted by molar-refractivity contribution is 7.16. The van der Waals surface area contributed by atoms with E-state index in [0.29, 0.717) is 11.4 Å². The summed E-state index contributed by atoms with van der Waals surface area (Å²) >= 11 is 1.61. The van der Waals surface area contributed by atoms with Gasteiger partial charge in [-0.15, -0.1) is 11.3 Å². The lowest BCUT2D eigenvalue weighted by Crippen LogP contribution is -2.35. The van der Waals surface area contributed by atoms with Crippen LogP contribution in [0.1, 0.15) is 30.1 Å². The fourth-order valence-corrected chi connectivity index (χ4v) is 3.89. The second-order valence-corrected chi connectivity index (χ2v) is 8.44. The van der Waals surface area contributed by atoms with Gasteiger partial charge in [-0.25, -0.2) is 9.97 Å². The molecule has 0 aliphatic rings. The first-order valence-electron chi connectivity index (χ1n) is 8.98. The van der Waals surface area contributed by atoms with Crippen LogP contribution in [0.15, 0.2) is 54.9 Å². The van der Waals surface area contributed by atoms with Crippen molar-refractivity contribution in [3.63, 3.8) is 0 Å². The molecule has 4 heterocycles. The molecule has 0 atom stereocenters. The average Bonchev–Trinajstić information content (AvgIpc) is 3.25. The molecule has 4 N–H and O–H groups in total. The molecular formula is C22H21N5S. The Kier molecular flexibility index (Phi) is 4.63. The Morgan fingerprint density at radius 2 is 1.96 bits per heavy atom. The van der Waals surface area contributed by atoms with E-state index in [9.17, 15) is 0 Å². The average molecular weight is 388 g/mol. The van der Waals surface area contributed by atoms with Crippen molar-refractivity contribution in [1.29, 1.82) is 0 Å². The first-order valence-corrected chi connectivity index (χ1v) is 9.80. The van der Waals surface area contributed by atoms with Crippen molar-refractivity contribution in [3.8, 4) is 22.4 Å². The lowest BCUT2D eigenvalue weighted by atomic mass is 9.98. The Bertz CT molecular complexity index is 1200. The van der Waals surface area contributed by atoms with Crippen molar-refractivity contribution < 1.29 is 0 Å². The molecule has 0 aliphatic heterocycles. The highest BCUT2D eigenvalue weighted by Crippen LogP contribution is 2.32. The fraction of sp³-hybridized carbons (Fsp3) is 0.182. The quantitative estimate of drug-likeness (QED) is 0.525. The number of rotatable bonds is 3. The van der Waals surface area contributed by atoms with Gasteiger partial charge in [0.1, 0.15) is 17.0 Å². The number of thiophene rings is 1. The highest BCUT2D eigenvalue weighted by Gasteiger charge is 2.21. The van der Waals surface area contributed by atoms with E-state index in [1.165, 1.54) is 0 Å². The number of nitrogens with zero attached hydrogens (tertiary/aromatic N) is 3. The van der Waals surface area contributed by atoms with Crippen LogP contribution >= 0.6 is 11.3 Å². The number of hydrogen-bond acceptors (Lipinski definition) is 5. The molecular weight excluding hydrogens is 366 g/mol. The molecule has 0 unspecified atom stereocenters. The van der Waals surface area contributed by atoms with Crippen molar-refractivity contribution in [2.24, 2.45) is 5.73 Å². The predicted molar refractivity (Wildman–Crippen MR) is 115 cm³/mol. The Labute approximate surface area is 168 Å². The summed E-state index contributed by atoms with van der Waals surface area (Å²) in [4.78, 5) is 11.1. The van der Waals surface area contributed by atoms with Gasteiger partial charge in [0.05, 0.1) is 21.1 Å². The predicted octanol–water partition coefficient (Wildman–Crippen LogP) is 3.72. The Morgan fingerprint density at radius 1 is 1.11 bits per heavy atom. The first kappa shape index (κ1) is 18.2. The molecule has 0 bridgehead atoms. The topological polar surface area (TPSA) is 82.2 Å². The van der Waals surface area contributed by atoms with Gasteiger partial charge in [-0.3, -0.25) is 0 Å². The Balaban J connectivity index is 1.74. The number of fused-ring (bicyclic) bond motifs is 1. The van der Waals surface area contributed by atoms with Gasteiger partial charge in [0.15, 0.2) is 0 Å². The van der Waals surface area contributed by atoms with Crippen molar-refractivity contribution in [2.75, 3.05) is 5.73 Å². The number of pyridine rings is 2. The number of nitrogen functional groups attached to an aromatic ring is 1. The number of aromatic nitrogens is 3. The van der Waals surface area contributed by atoms with Gasteiger partial charge >= 0.3 is 0 Å². The molecule has 0 amide bonds. The third-order valence-electron chi connectivity index (χ3n) is 4.23. The lowest BCUT2D eigenvalue weighted by molar-refractivity contribution is 0.509. The van der Waals surface area contributed by atoms with E-state index in [4.69, 9.17) is 16.5 Å². The van der Waals surface area contributed by atoms with Gasteiger partial charge in [-0.05, 0) is 62.1 Å². The molecule has 4 rings (SSSR count). The summed E-state index contributed by atoms with van der Waals surface area (Å²) in [6.45, 7) is 4.06. The third kappa shape index (κ3) is 3.77. The summed E-state index contributed by atoms with van der Waals surface area (Å²) in [5.41, 5.74) is 16.1. The molecule has 0 aromatic carbocycles. The molecule has 4 aromatic heterocycles. The van der Waals surface area contributed by atoms with Crippen LogP contribution in [0.5, 0.6) is 0 Å². The van der Waals surface area contributed by atoms with Crippen LogP contribution in [0.4, 0.5) is 5.69 Å². The smallest absolute Gasteiger partial charge is 0.137 e. The molecule has 0 fully saturated rings.